The zero-order valence-electron chi connectivity index (χ0n) is 19.3. The average molecular weight is 437 g/mol. The van der Waals surface area contributed by atoms with Crippen LogP contribution < -0.4 is 0 Å². The highest BCUT2D eigenvalue weighted by Crippen LogP contribution is 2.29. The van der Waals surface area contributed by atoms with Gasteiger partial charge in [-0.25, -0.2) is 0 Å². The van der Waals surface area contributed by atoms with E-state index in [0.717, 1.165) is 51.3 Å². The molecule has 1 atom stereocenters. The topological polar surface area (TPSA) is 50.6 Å². The van der Waals surface area contributed by atoms with Crippen molar-refractivity contribution in [2.75, 3.05) is 32.8 Å². The van der Waals surface area contributed by atoms with Gasteiger partial charge in [-0.2, -0.15) is 5.10 Å². The first kappa shape index (κ1) is 21.7. The molecule has 0 spiro atoms. The first-order valence-corrected chi connectivity index (χ1v) is 12.3. The Labute approximate surface area is 191 Å². The molecular formula is C26H36N4O2. The van der Waals surface area contributed by atoms with Crippen molar-refractivity contribution in [1.29, 1.82) is 0 Å². The number of nitrogens with zero attached hydrogens (tertiary/aromatic N) is 4. The summed E-state index contributed by atoms with van der Waals surface area (Å²) in [6.07, 6.45) is 8.97. The van der Waals surface area contributed by atoms with Crippen molar-refractivity contribution in [2.24, 2.45) is 5.92 Å². The lowest BCUT2D eigenvalue weighted by Gasteiger charge is -2.38. The van der Waals surface area contributed by atoms with Crippen LogP contribution in [0.15, 0.2) is 36.5 Å². The summed E-state index contributed by atoms with van der Waals surface area (Å²) in [7, 11) is 0. The maximum Gasteiger partial charge on any atom is 0.244 e. The average Bonchev–Trinajstić information content (AvgIpc) is 3.55. The number of aromatic nitrogens is 2. The molecule has 1 aliphatic carbocycles. The minimum Gasteiger partial charge on any atom is -0.376 e. The third kappa shape index (κ3) is 5.07. The fraction of sp³-hybridized carbons (Fsp3) is 0.615. The van der Waals surface area contributed by atoms with Gasteiger partial charge in [-0.1, -0.05) is 24.3 Å². The quantitative estimate of drug-likeness (QED) is 0.669. The molecule has 0 N–H and O–H groups in total. The molecule has 0 bridgehead atoms. The summed E-state index contributed by atoms with van der Waals surface area (Å²) < 4.78 is 7.63. The number of carbonyl (C=O) groups is 1. The fourth-order valence-electron chi connectivity index (χ4n) is 5.71. The summed E-state index contributed by atoms with van der Waals surface area (Å²) in [4.78, 5) is 17.9. The van der Waals surface area contributed by atoms with Crippen LogP contribution in [0.3, 0.4) is 0 Å². The smallest absolute Gasteiger partial charge is 0.244 e. The predicted molar refractivity (Wildman–Crippen MR) is 124 cm³/mol. The highest BCUT2D eigenvalue weighted by molar-refractivity contribution is 5.76. The zero-order chi connectivity index (χ0) is 21.9. The molecule has 172 valence electrons. The van der Waals surface area contributed by atoms with Crippen molar-refractivity contribution in [1.82, 2.24) is 19.6 Å². The van der Waals surface area contributed by atoms with Crippen LogP contribution in [0.5, 0.6) is 0 Å². The van der Waals surface area contributed by atoms with Crippen molar-refractivity contribution >= 4 is 5.91 Å². The van der Waals surface area contributed by atoms with Gasteiger partial charge in [-0.15, -0.1) is 0 Å². The van der Waals surface area contributed by atoms with Crippen LogP contribution in [0, 0.1) is 12.8 Å². The largest absolute Gasteiger partial charge is 0.376 e. The summed E-state index contributed by atoms with van der Waals surface area (Å²) in [5, 5.41) is 4.41. The van der Waals surface area contributed by atoms with E-state index in [-0.39, 0.29) is 12.0 Å². The number of likely N-dealkylation sites (tertiary alicyclic amines) is 1. The molecule has 0 radical (unpaired) electrons. The van der Waals surface area contributed by atoms with Crippen molar-refractivity contribution in [2.45, 2.75) is 64.1 Å². The number of hydrogen-bond donors (Lipinski definition) is 0. The molecule has 0 saturated carbocycles. The van der Waals surface area contributed by atoms with Gasteiger partial charge in [0.05, 0.1) is 11.8 Å². The van der Waals surface area contributed by atoms with Gasteiger partial charge in [0.15, 0.2) is 0 Å². The van der Waals surface area contributed by atoms with Gasteiger partial charge in [0.25, 0.3) is 0 Å². The molecule has 6 heteroatoms. The van der Waals surface area contributed by atoms with E-state index in [2.05, 4.69) is 39.2 Å². The van der Waals surface area contributed by atoms with E-state index < -0.39 is 0 Å². The van der Waals surface area contributed by atoms with Gasteiger partial charge >= 0.3 is 0 Å². The van der Waals surface area contributed by atoms with Crippen LogP contribution in [0.25, 0.3) is 0 Å². The van der Waals surface area contributed by atoms with Gasteiger partial charge in [-0.3, -0.25) is 14.4 Å². The Morgan fingerprint density at radius 1 is 1.09 bits per heavy atom. The molecule has 32 heavy (non-hydrogen) atoms. The molecule has 2 aromatic rings. The summed E-state index contributed by atoms with van der Waals surface area (Å²) in [6.45, 7) is 6.96. The number of benzene rings is 1. The number of ether oxygens (including phenoxy) is 1. The number of carbonyl (C=O) groups excluding carboxylic acids is 1. The van der Waals surface area contributed by atoms with Gasteiger partial charge in [-0.05, 0) is 81.6 Å². The number of aryl methyl sites for hydroxylation is 1. The first-order chi connectivity index (χ1) is 15.6. The SMILES string of the molecule is Cc1ccn(CC(=O)N(CC2CCN(C3Cc4ccccc4C3)CC2)CC2CCCO2)n1. The van der Waals surface area contributed by atoms with Crippen molar-refractivity contribution in [3.8, 4) is 0 Å². The lowest BCUT2D eigenvalue weighted by Crippen LogP contribution is -2.47. The van der Waals surface area contributed by atoms with Gasteiger partial charge in [0, 0.05) is 31.9 Å². The second kappa shape index (κ2) is 9.75. The van der Waals surface area contributed by atoms with E-state index in [4.69, 9.17) is 4.74 Å². The molecule has 3 heterocycles. The van der Waals surface area contributed by atoms with Crippen LogP contribution in [0.1, 0.15) is 42.5 Å². The fourth-order valence-corrected chi connectivity index (χ4v) is 5.71. The number of fused-ring (bicyclic) bond motifs is 1. The molecule has 6 nitrogen and oxygen atoms in total. The Hall–Kier alpha value is -2.18. The van der Waals surface area contributed by atoms with Gasteiger partial charge in [0.1, 0.15) is 6.54 Å². The minimum atomic E-state index is 0.164. The number of hydrogen-bond acceptors (Lipinski definition) is 4. The molecular weight excluding hydrogens is 400 g/mol. The molecule has 2 saturated heterocycles. The van der Waals surface area contributed by atoms with Crippen LogP contribution in [0.4, 0.5) is 0 Å². The van der Waals surface area contributed by atoms with Gasteiger partial charge in [0.2, 0.25) is 5.91 Å². The van der Waals surface area contributed by atoms with Crippen LogP contribution in [-0.4, -0.2) is 70.4 Å². The van der Waals surface area contributed by atoms with Crippen LogP contribution in [0.2, 0.25) is 0 Å². The Balaban J connectivity index is 1.16. The van der Waals surface area contributed by atoms with E-state index in [1.165, 1.54) is 36.8 Å². The monoisotopic (exact) mass is 436 g/mol. The molecule has 1 unspecified atom stereocenters. The second-order valence-corrected chi connectivity index (χ2v) is 9.90. The Bertz CT molecular complexity index is 887. The molecule has 2 aliphatic heterocycles. The second-order valence-electron chi connectivity index (χ2n) is 9.90. The first-order valence-electron chi connectivity index (χ1n) is 12.3. The van der Waals surface area contributed by atoms with Crippen molar-refractivity contribution in [3.63, 3.8) is 0 Å². The summed E-state index contributed by atoms with van der Waals surface area (Å²) in [5.74, 6) is 0.733. The predicted octanol–water partition coefficient (Wildman–Crippen LogP) is 3.08. The normalized spacial score (nSPS) is 22.3. The molecule has 2 fully saturated rings. The van der Waals surface area contributed by atoms with E-state index in [9.17, 15) is 4.79 Å². The Kier molecular flexibility index (Phi) is 6.60. The summed E-state index contributed by atoms with van der Waals surface area (Å²) in [5.41, 5.74) is 4.01. The van der Waals surface area contributed by atoms with Crippen LogP contribution in [-0.2, 0) is 28.9 Å². The zero-order valence-corrected chi connectivity index (χ0v) is 19.3. The molecule has 3 aliphatic rings. The summed E-state index contributed by atoms with van der Waals surface area (Å²) >= 11 is 0. The minimum absolute atomic E-state index is 0.164. The van der Waals surface area contributed by atoms with E-state index >= 15 is 0 Å². The Morgan fingerprint density at radius 3 is 2.47 bits per heavy atom. The highest BCUT2D eigenvalue weighted by atomic mass is 16.5. The lowest BCUT2D eigenvalue weighted by molar-refractivity contribution is -0.134. The van der Waals surface area contributed by atoms with Crippen LogP contribution >= 0.6 is 0 Å². The molecule has 1 aromatic carbocycles. The summed E-state index contributed by atoms with van der Waals surface area (Å²) in [6, 6.07) is 11.5. The highest BCUT2D eigenvalue weighted by Gasteiger charge is 2.31. The van der Waals surface area contributed by atoms with Crippen molar-refractivity contribution < 1.29 is 9.53 Å². The number of rotatable bonds is 7. The van der Waals surface area contributed by atoms with E-state index in [1.54, 1.807) is 4.68 Å². The third-order valence-electron chi connectivity index (χ3n) is 7.55. The van der Waals surface area contributed by atoms with E-state index in [1.807, 2.05) is 19.2 Å². The van der Waals surface area contributed by atoms with Crippen molar-refractivity contribution in [3.05, 3.63) is 53.3 Å². The van der Waals surface area contributed by atoms with E-state index in [0.29, 0.717) is 18.5 Å². The Morgan fingerprint density at radius 2 is 1.84 bits per heavy atom. The number of piperidine rings is 1. The maximum atomic E-state index is 13.2. The van der Waals surface area contributed by atoms with Gasteiger partial charge < -0.3 is 9.64 Å². The molecule has 5 rings (SSSR count). The third-order valence-corrected chi connectivity index (χ3v) is 7.55. The standard InChI is InChI=1S/C26H36N4O2/c1-20-8-13-30(27-20)19-26(31)29(18-25-7-4-14-32-25)17-21-9-11-28(12-10-21)24-15-22-5-2-3-6-23(22)16-24/h2-3,5-6,8,13,21,24-25H,4,7,9-12,14-19H2,1H3. The lowest BCUT2D eigenvalue weighted by atomic mass is 9.94. The molecule has 1 amide bonds. The molecule has 1 aromatic heterocycles. The number of amides is 1. The maximum absolute atomic E-state index is 13.2.